The quantitative estimate of drug-likeness (QED) is 0.294. The molecule has 2 atom stereocenters. The van der Waals surface area contributed by atoms with Gasteiger partial charge in [-0.3, -0.25) is 14.4 Å². The number of benzene rings is 1. The number of hydrogen-bond donors (Lipinski definition) is 3. The molecule has 1 spiro atoms. The maximum atomic E-state index is 13.7. The molecule has 1 saturated heterocycles. The summed E-state index contributed by atoms with van der Waals surface area (Å²) in [6.45, 7) is 7.84. The van der Waals surface area contributed by atoms with E-state index in [9.17, 15) is 14.4 Å². The average Bonchev–Trinajstić information content (AvgIpc) is 3.51. The van der Waals surface area contributed by atoms with Gasteiger partial charge in [-0.2, -0.15) is 0 Å². The van der Waals surface area contributed by atoms with E-state index in [1.54, 1.807) is 0 Å². The molecule has 1 aromatic heterocycles. The molecule has 1 aliphatic carbocycles. The molecule has 2 aromatic rings. The lowest BCUT2D eigenvalue weighted by atomic mass is 9.90. The summed E-state index contributed by atoms with van der Waals surface area (Å²) in [6, 6.07) is 7.79. The number of amides is 2. The number of piperidine rings is 1. The number of nitrogens with one attached hydrogen (secondary N) is 3. The molecule has 3 aliphatic rings. The Labute approximate surface area is 250 Å². The fourth-order valence-electron chi connectivity index (χ4n) is 6.63. The summed E-state index contributed by atoms with van der Waals surface area (Å²) < 4.78 is 0. The number of rotatable bonds is 11. The highest BCUT2D eigenvalue weighted by Gasteiger charge is 2.58. The SMILES string of the molecule is CCC(=O)CCCCCC(NC(=O)[C@H]1CC12CCN(CC)CC2)c1[nH]c2nc1C(=O)NCCC/C=C\c1cccc-2c1. The van der Waals surface area contributed by atoms with Crippen molar-refractivity contribution in [1.29, 1.82) is 0 Å². The highest BCUT2D eigenvalue weighted by molar-refractivity contribution is 5.94. The summed E-state index contributed by atoms with van der Waals surface area (Å²) in [6.07, 6.45) is 13.5. The monoisotopic (exact) mass is 573 g/mol. The maximum absolute atomic E-state index is 13.7. The second kappa shape index (κ2) is 13.8. The number of unbranched alkanes of at least 4 members (excludes halogenated alkanes) is 2. The number of H-pyrrole nitrogens is 1. The smallest absolute Gasteiger partial charge is 0.271 e. The van der Waals surface area contributed by atoms with Crippen molar-refractivity contribution in [2.45, 2.75) is 90.5 Å². The molecule has 8 nitrogen and oxygen atoms in total. The van der Waals surface area contributed by atoms with Crippen LogP contribution in [0.1, 0.15) is 112 Å². The minimum absolute atomic E-state index is 0.0298. The van der Waals surface area contributed by atoms with Crippen LogP contribution in [-0.4, -0.2) is 58.6 Å². The van der Waals surface area contributed by atoms with Crippen molar-refractivity contribution >= 4 is 23.7 Å². The van der Waals surface area contributed by atoms with Gasteiger partial charge in [0.1, 0.15) is 11.6 Å². The molecule has 2 amide bonds. The van der Waals surface area contributed by atoms with Gasteiger partial charge in [0.2, 0.25) is 5.91 Å². The molecule has 5 rings (SSSR count). The van der Waals surface area contributed by atoms with E-state index in [1.807, 2.05) is 19.1 Å². The van der Waals surface area contributed by atoms with Gasteiger partial charge in [0.25, 0.3) is 5.91 Å². The first-order chi connectivity index (χ1) is 20.4. The number of carbonyl (C=O) groups is 3. The van der Waals surface area contributed by atoms with Crippen molar-refractivity contribution in [3.63, 3.8) is 0 Å². The van der Waals surface area contributed by atoms with Crippen LogP contribution in [0.25, 0.3) is 17.5 Å². The number of carbonyl (C=O) groups excluding carboxylic acids is 3. The molecule has 4 bridgehead atoms. The van der Waals surface area contributed by atoms with Crippen LogP contribution in [0, 0.1) is 11.3 Å². The predicted octanol–water partition coefficient (Wildman–Crippen LogP) is 5.82. The van der Waals surface area contributed by atoms with E-state index in [4.69, 9.17) is 4.98 Å². The average molecular weight is 574 g/mol. The molecule has 3 heterocycles. The van der Waals surface area contributed by atoms with Gasteiger partial charge in [0, 0.05) is 30.9 Å². The summed E-state index contributed by atoms with van der Waals surface area (Å²) >= 11 is 0. The summed E-state index contributed by atoms with van der Waals surface area (Å²) in [5.74, 6) is 0.828. The second-order valence-corrected chi connectivity index (χ2v) is 12.4. The number of ketones is 1. The number of imidazole rings is 1. The Balaban J connectivity index is 1.39. The van der Waals surface area contributed by atoms with Crippen LogP contribution in [-0.2, 0) is 9.59 Å². The number of nitrogens with zero attached hydrogens (tertiary/aromatic N) is 2. The van der Waals surface area contributed by atoms with E-state index < -0.39 is 0 Å². The van der Waals surface area contributed by atoms with Gasteiger partial charge in [-0.1, -0.05) is 57.0 Å². The fraction of sp³-hybridized carbons (Fsp3) is 0.588. The van der Waals surface area contributed by atoms with Crippen LogP contribution in [0.15, 0.2) is 30.3 Å². The second-order valence-electron chi connectivity index (χ2n) is 12.4. The van der Waals surface area contributed by atoms with Gasteiger partial charge in [-0.25, -0.2) is 4.98 Å². The largest absolute Gasteiger partial charge is 0.351 e. The molecule has 42 heavy (non-hydrogen) atoms. The Morgan fingerprint density at radius 3 is 2.79 bits per heavy atom. The van der Waals surface area contributed by atoms with Gasteiger partial charge in [0.05, 0.1) is 11.7 Å². The highest BCUT2D eigenvalue weighted by Crippen LogP contribution is 2.59. The number of hydrogen-bond acceptors (Lipinski definition) is 5. The van der Waals surface area contributed by atoms with Crippen molar-refractivity contribution < 1.29 is 14.4 Å². The maximum Gasteiger partial charge on any atom is 0.271 e. The van der Waals surface area contributed by atoms with Crippen LogP contribution < -0.4 is 10.6 Å². The lowest BCUT2D eigenvalue weighted by Gasteiger charge is -2.32. The van der Waals surface area contributed by atoms with E-state index in [1.165, 1.54) is 0 Å². The first-order valence-electron chi connectivity index (χ1n) is 16.1. The summed E-state index contributed by atoms with van der Waals surface area (Å²) in [7, 11) is 0. The van der Waals surface area contributed by atoms with E-state index in [2.05, 4.69) is 51.7 Å². The third kappa shape index (κ3) is 7.20. The van der Waals surface area contributed by atoms with Crippen molar-refractivity contribution in [2.24, 2.45) is 11.3 Å². The van der Waals surface area contributed by atoms with Crippen molar-refractivity contribution in [2.75, 3.05) is 26.2 Å². The zero-order chi connectivity index (χ0) is 29.5. The van der Waals surface area contributed by atoms with Crippen molar-refractivity contribution in [1.82, 2.24) is 25.5 Å². The molecule has 226 valence electrons. The summed E-state index contributed by atoms with van der Waals surface area (Å²) in [4.78, 5) is 49.7. The number of aromatic nitrogens is 2. The lowest BCUT2D eigenvalue weighted by molar-refractivity contribution is -0.124. The number of Topliss-reactive ketones (excluding diaryl/α,β-unsaturated/α-hetero) is 1. The Morgan fingerprint density at radius 2 is 2.00 bits per heavy atom. The predicted molar refractivity (Wildman–Crippen MR) is 166 cm³/mol. The third-order valence-corrected chi connectivity index (χ3v) is 9.56. The van der Waals surface area contributed by atoms with Crippen molar-refractivity contribution in [3.05, 3.63) is 47.3 Å². The van der Waals surface area contributed by atoms with E-state index in [0.29, 0.717) is 43.0 Å². The molecule has 2 aliphatic heterocycles. The molecule has 1 aromatic carbocycles. The highest BCUT2D eigenvalue weighted by atomic mass is 16.2. The van der Waals surface area contributed by atoms with Crippen LogP contribution >= 0.6 is 0 Å². The number of likely N-dealkylation sites (tertiary alicyclic amines) is 1. The van der Waals surface area contributed by atoms with Gasteiger partial charge < -0.3 is 20.5 Å². The molecule has 2 fully saturated rings. The molecular weight excluding hydrogens is 526 g/mol. The first-order valence-corrected chi connectivity index (χ1v) is 16.1. The summed E-state index contributed by atoms with van der Waals surface area (Å²) in [5.41, 5.74) is 3.15. The molecule has 0 radical (unpaired) electrons. The molecule has 8 heteroatoms. The minimum Gasteiger partial charge on any atom is -0.351 e. The molecule has 1 saturated carbocycles. The molecule has 1 unspecified atom stereocenters. The Kier molecular flexibility index (Phi) is 9.93. The van der Waals surface area contributed by atoms with E-state index in [0.717, 1.165) is 82.1 Å². The minimum atomic E-state index is -0.356. The molecule has 3 N–H and O–H groups in total. The van der Waals surface area contributed by atoms with Gasteiger partial charge in [-0.05, 0) is 81.6 Å². The van der Waals surface area contributed by atoms with Crippen molar-refractivity contribution in [3.8, 4) is 11.4 Å². The Morgan fingerprint density at radius 1 is 1.17 bits per heavy atom. The standard InChI is InChI=1S/C34H47N5O3/c1-3-26(40)15-8-5-9-16-28(36-32(41)27-23-34(27)17-20-39(4-2)21-18-34)29-30-33(42)35-19-10-6-7-12-24-13-11-14-25(22-24)31(37-29)38-30/h7,11-14,22,27-28H,3-6,8-10,15-21,23H2,1-2H3,(H,35,42)(H,36,41)(H,37,38)/b12-7-/t27-,28?/m1/s1. The number of allylic oxidation sites excluding steroid dienone is 1. The third-order valence-electron chi connectivity index (χ3n) is 9.56. The Hall–Kier alpha value is -3.26. The number of aromatic amines is 1. The van der Waals surface area contributed by atoms with Gasteiger partial charge in [0.15, 0.2) is 5.69 Å². The van der Waals surface area contributed by atoms with Gasteiger partial charge >= 0.3 is 0 Å². The Bertz CT molecular complexity index is 1290. The van der Waals surface area contributed by atoms with E-state index >= 15 is 0 Å². The normalized spacial score (nSPS) is 21.4. The van der Waals surface area contributed by atoms with Gasteiger partial charge in [-0.15, -0.1) is 0 Å². The fourth-order valence-corrected chi connectivity index (χ4v) is 6.63. The molecular formula is C34H47N5O3. The zero-order valence-electron chi connectivity index (χ0n) is 25.3. The van der Waals surface area contributed by atoms with Crippen LogP contribution in [0.5, 0.6) is 0 Å². The first kappa shape index (κ1) is 30.2. The van der Waals surface area contributed by atoms with Crippen LogP contribution in [0.4, 0.5) is 0 Å². The topological polar surface area (TPSA) is 107 Å². The summed E-state index contributed by atoms with van der Waals surface area (Å²) in [5, 5.41) is 6.42. The zero-order valence-corrected chi connectivity index (χ0v) is 25.3. The van der Waals surface area contributed by atoms with E-state index in [-0.39, 0.29) is 35.0 Å². The van der Waals surface area contributed by atoms with Crippen LogP contribution in [0.2, 0.25) is 0 Å². The number of fused-ring (bicyclic) bond motifs is 5. The van der Waals surface area contributed by atoms with Crippen LogP contribution in [0.3, 0.4) is 0 Å². The lowest BCUT2D eigenvalue weighted by Crippen LogP contribution is -2.38.